The molecule has 0 aliphatic carbocycles. The fourth-order valence-electron chi connectivity index (χ4n) is 4.03. The van der Waals surface area contributed by atoms with E-state index in [1.54, 1.807) is 25.2 Å². The molecule has 2 aromatic carbocycles. The van der Waals surface area contributed by atoms with E-state index in [1.165, 1.54) is 4.90 Å². The van der Waals surface area contributed by atoms with Crippen LogP contribution in [-0.2, 0) is 4.79 Å². The van der Waals surface area contributed by atoms with Crippen molar-refractivity contribution in [1.82, 2.24) is 10.2 Å². The molecule has 170 valence electrons. The van der Waals surface area contributed by atoms with Crippen LogP contribution in [0.3, 0.4) is 0 Å². The number of rotatable bonds is 2. The Morgan fingerprint density at radius 1 is 1.06 bits per heavy atom. The molecular weight excluding hydrogens is 424 g/mol. The number of benzene rings is 2. The summed E-state index contributed by atoms with van der Waals surface area (Å²) in [6, 6.07) is 13.8. The number of nitrogens with one attached hydrogen (secondary N) is 1. The summed E-state index contributed by atoms with van der Waals surface area (Å²) in [5.41, 5.74) is 1.38. The third kappa shape index (κ3) is 5.71. The summed E-state index contributed by atoms with van der Waals surface area (Å²) < 4.78 is 6.09. The molecule has 3 atom stereocenters. The molecule has 6 heteroatoms. The van der Waals surface area contributed by atoms with Gasteiger partial charge in [0.25, 0.3) is 5.91 Å². The monoisotopic (exact) mass is 454 g/mol. The zero-order valence-electron chi connectivity index (χ0n) is 19.0. The molecule has 1 aliphatic rings. The van der Waals surface area contributed by atoms with Crippen molar-refractivity contribution in [2.24, 2.45) is 5.92 Å². The van der Waals surface area contributed by atoms with Crippen molar-refractivity contribution in [2.75, 3.05) is 7.05 Å². The number of carbonyl (C=O) groups is 2. The highest BCUT2D eigenvalue weighted by Crippen LogP contribution is 2.26. The van der Waals surface area contributed by atoms with Gasteiger partial charge in [-0.1, -0.05) is 61.9 Å². The standard InChI is InChI=1S/C26H31ClN2O3/c1-17(2)24-25(30)28-22(19-11-9-12-20(27)16-19)14-7-5-10-18(3)32-23-15-8-6-13-21(23)26(31)29(24)4/h5-9,11-13,15-18,22,24H,10,14H2,1-4H3,(H,28,30)/b7-5+/t18-,22-,24-/m1/s1. The van der Waals surface area contributed by atoms with Crippen LogP contribution in [0.2, 0.25) is 5.02 Å². The Balaban J connectivity index is 2.01. The second-order valence-corrected chi connectivity index (χ2v) is 9.02. The smallest absolute Gasteiger partial charge is 0.258 e. The van der Waals surface area contributed by atoms with Crippen molar-refractivity contribution in [3.05, 3.63) is 76.8 Å². The van der Waals surface area contributed by atoms with E-state index < -0.39 is 6.04 Å². The Morgan fingerprint density at radius 3 is 2.50 bits per heavy atom. The first-order valence-corrected chi connectivity index (χ1v) is 11.4. The van der Waals surface area contributed by atoms with Gasteiger partial charge in [-0.25, -0.2) is 0 Å². The van der Waals surface area contributed by atoms with Gasteiger partial charge in [0.1, 0.15) is 11.8 Å². The fourth-order valence-corrected chi connectivity index (χ4v) is 4.23. The van der Waals surface area contributed by atoms with Crippen LogP contribution >= 0.6 is 11.6 Å². The number of carbonyl (C=O) groups excluding carboxylic acids is 2. The Hall–Kier alpha value is -2.79. The van der Waals surface area contributed by atoms with Crippen LogP contribution < -0.4 is 10.1 Å². The fraction of sp³-hybridized carbons (Fsp3) is 0.385. The zero-order chi connectivity index (χ0) is 23.3. The quantitative estimate of drug-likeness (QED) is 0.617. The van der Waals surface area contributed by atoms with Crippen LogP contribution in [0.25, 0.3) is 0 Å². The summed E-state index contributed by atoms with van der Waals surface area (Å²) >= 11 is 6.21. The van der Waals surface area contributed by atoms with Gasteiger partial charge in [0.2, 0.25) is 5.91 Å². The van der Waals surface area contributed by atoms with Crippen molar-refractivity contribution in [1.29, 1.82) is 0 Å². The molecule has 0 unspecified atom stereocenters. The van der Waals surface area contributed by atoms with Gasteiger partial charge in [-0.05, 0) is 49.1 Å². The second-order valence-electron chi connectivity index (χ2n) is 8.59. The molecule has 2 amide bonds. The highest BCUT2D eigenvalue weighted by atomic mass is 35.5. The Morgan fingerprint density at radius 2 is 1.78 bits per heavy atom. The number of para-hydroxylation sites is 1. The molecule has 1 heterocycles. The first-order chi connectivity index (χ1) is 15.3. The zero-order valence-corrected chi connectivity index (χ0v) is 19.8. The van der Waals surface area contributed by atoms with E-state index in [1.807, 2.05) is 51.1 Å². The van der Waals surface area contributed by atoms with Gasteiger partial charge in [-0.2, -0.15) is 0 Å². The summed E-state index contributed by atoms with van der Waals surface area (Å²) in [6.07, 6.45) is 5.30. The predicted octanol–water partition coefficient (Wildman–Crippen LogP) is 5.41. The van der Waals surface area contributed by atoms with E-state index in [2.05, 4.69) is 17.5 Å². The normalized spacial score (nSPS) is 23.7. The molecule has 0 bridgehead atoms. The van der Waals surface area contributed by atoms with Gasteiger partial charge in [0.05, 0.1) is 17.7 Å². The number of fused-ring (bicyclic) bond motifs is 1. The molecule has 0 aromatic heterocycles. The molecule has 0 fully saturated rings. The molecule has 2 aromatic rings. The minimum atomic E-state index is -0.637. The SMILES string of the molecule is CC(C)[C@@H]1C(=O)N[C@@H](c2cccc(Cl)c2)C/C=C/C[C@@H](C)Oc2ccccc2C(=O)N1C. The lowest BCUT2D eigenvalue weighted by Gasteiger charge is -2.32. The topological polar surface area (TPSA) is 58.6 Å². The van der Waals surface area contributed by atoms with Crippen LogP contribution in [0.15, 0.2) is 60.7 Å². The number of nitrogens with zero attached hydrogens (tertiary/aromatic N) is 1. The van der Waals surface area contributed by atoms with Crippen LogP contribution in [0.1, 0.15) is 55.6 Å². The molecule has 3 rings (SSSR count). The van der Waals surface area contributed by atoms with Crippen LogP contribution in [-0.4, -0.2) is 35.9 Å². The maximum Gasteiger partial charge on any atom is 0.258 e. The number of halogens is 1. The van der Waals surface area contributed by atoms with E-state index in [-0.39, 0.29) is 29.9 Å². The van der Waals surface area contributed by atoms with E-state index in [0.717, 1.165) is 5.56 Å². The lowest BCUT2D eigenvalue weighted by atomic mass is 9.98. The molecule has 0 saturated heterocycles. The van der Waals surface area contributed by atoms with Gasteiger partial charge in [-0.15, -0.1) is 0 Å². The third-order valence-corrected chi connectivity index (χ3v) is 5.89. The van der Waals surface area contributed by atoms with Gasteiger partial charge < -0.3 is 15.0 Å². The minimum absolute atomic E-state index is 0.0839. The molecule has 1 aliphatic heterocycles. The molecule has 0 spiro atoms. The Kier molecular flexibility index (Phi) is 7.97. The van der Waals surface area contributed by atoms with Crippen LogP contribution in [0, 0.1) is 5.92 Å². The molecular formula is C26H31ClN2O3. The average molecular weight is 455 g/mol. The van der Waals surface area contributed by atoms with Crippen molar-refractivity contribution < 1.29 is 14.3 Å². The molecule has 1 N–H and O–H groups in total. The molecule has 32 heavy (non-hydrogen) atoms. The summed E-state index contributed by atoms with van der Waals surface area (Å²) in [4.78, 5) is 28.3. The van der Waals surface area contributed by atoms with Crippen LogP contribution in [0.4, 0.5) is 0 Å². The van der Waals surface area contributed by atoms with Crippen molar-refractivity contribution >= 4 is 23.4 Å². The van der Waals surface area contributed by atoms with Gasteiger partial charge in [0.15, 0.2) is 0 Å². The molecule has 0 saturated carbocycles. The first-order valence-electron chi connectivity index (χ1n) is 11.0. The van der Waals surface area contributed by atoms with Crippen LogP contribution in [0.5, 0.6) is 5.75 Å². The van der Waals surface area contributed by atoms with E-state index in [9.17, 15) is 9.59 Å². The van der Waals surface area contributed by atoms with Gasteiger partial charge >= 0.3 is 0 Å². The van der Waals surface area contributed by atoms with Crippen molar-refractivity contribution in [2.45, 2.75) is 51.8 Å². The second kappa shape index (κ2) is 10.7. The predicted molar refractivity (Wildman–Crippen MR) is 128 cm³/mol. The van der Waals surface area contributed by atoms with Gasteiger partial charge in [-0.3, -0.25) is 9.59 Å². The maximum absolute atomic E-state index is 13.4. The van der Waals surface area contributed by atoms with Crippen molar-refractivity contribution in [3.63, 3.8) is 0 Å². The highest BCUT2D eigenvalue weighted by Gasteiger charge is 2.33. The van der Waals surface area contributed by atoms with E-state index >= 15 is 0 Å². The average Bonchev–Trinajstić information content (AvgIpc) is 2.75. The number of likely N-dealkylation sites (N-methyl/N-ethyl adjacent to an activating group) is 1. The summed E-state index contributed by atoms with van der Waals surface area (Å²) in [7, 11) is 1.67. The lowest BCUT2D eigenvalue weighted by Crippen LogP contribution is -2.51. The Labute approximate surface area is 195 Å². The Bertz CT molecular complexity index is 989. The lowest BCUT2D eigenvalue weighted by molar-refractivity contribution is -0.127. The van der Waals surface area contributed by atoms with E-state index in [0.29, 0.717) is 29.2 Å². The highest BCUT2D eigenvalue weighted by molar-refractivity contribution is 6.30. The van der Waals surface area contributed by atoms with Crippen molar-refractivity contribution in [3.8, 4) is 5.75 Å². The number of hydrogen-bond acceptors (Lipinski definition) is 3. The number of amides is 2. The first kappa shape index (κ1) is 23.9. The van der Waals surface area contributed by atoms with Gasteiger partial charge in [0, 0.05) is 18.5 Å². The molecule has 5 nitrogen and oxygen atoms in total. The summed E-state index contributed by atoms with van der Waals surface area (Å²) in [5.74, 6) is 0.00745. The number of hydrogen-bond donors (Lipinski definition) is 1. The minimum Gasteiger partial charge on any atom is -0.490 e. The summed E-state index contributed by atoms with van der Waals surface area (Å²) in [5, 5.41) is 3.78. The maximum atomic E-state index is 13.4. The largest absolute Gasteiger partial charge is 0.490 e. The molecule has 0 radical (unpaired) electrons. The third-order valence-electron chi connectivity index (χ3n) is 5.66. The summed E-state index contributed by atoms with van der Waals surface area (Å²) in [6.45, 7) is 5.86. The number of ether oxygens (including phenoxy) is 1. The van der Waals surface area contributed by atoms with E-state index in [4.69, 9.17) is 16.3 Å².